The van der Waals surface area contributed by atoms with Crippen LogP contribution in [0.2, 0.25) is 0 Å². The lowest BCUT2D eigenvalue weighted by Gasteiger charge is -2.28. The van der Waals surface area contributed by atoms with Crippen molar-refractivity contribution in [2.45, 2.75) is 26.3 Å². The molecule has 1 aliphatic heterocycles. The van der Waals surface area contributed by atoms with Crippen LogP contribution >= 0.6 is 0 Å². The molecule has 33 heavy (non-hydrogen) atoms. The van der Waals surface area contributed by atoms with Crippen molar-refractivity contribution in [3.8, 4) is 11.1 Å². The number of benzene rings is 3. The van der Waals surface area contributed by atoms with E-state index in [1.54, 1.807) is 0 Å². The topological polar surface area (TPSA) is 58.4 Å². The summed E-state index contributed by atoms with van der Waals surface area (Å²) in [5, 5.41) is 3.36. The number of para-hydroxylation sites is 2. The number of anilines is 1. The van der Waals surface area contributed by atoms with E-state index in [1.807, 2.05) is 42.5 Å². The number of hydrogen-bond donors (Lipinski definition) is 1. The quantitative estimate of drug-likeness (QED) is 0.436. The number of carbonyl (C=O) groups is 1. The number of carbonyl (C=O) groups excluding carboxylic acids is 1. The number of hydrogen-bond acceptors (Lipinski definition) is 4. The first-order chi connectivity index (χ1) is 16.1. The van der Waals surface area contributed by atoms with Crippen LogP contribution in [-0.4, -0.2) is 34.9 Å². The normalized spacial score (nSPS) is 21.3. The second-order valence-corrected chi connectivity index (χ2v) is 9.40. The van der Waals surface area contributed by atoms with Gasteiger partial charge in [0.2, 0.25) is 0 Å². The van der Waals surface area contributed by atoms with E-state index < -0.39 is 0 Å². The SMILES string of the molecule is Cc1ccc(-c2ccccc2C(=O)N2CC3CC3C2CNc2nc3ccccc3o2)cc1C. The number of amides is 1. The van der Waals surface area contributed by atoms with Crippen molar-refractivity contribution in [3.63, 3.8) is 0 Å². The van der Waals surface area contributed by atoms with Gasteiger partial charge in [-0.1, -0.05) is 48.5 Å². The third-order valence-electron chi connectivity index (χ3n) is 7.30. The molecule has 166 valence electrons. The van der Waals surface area contributed by atoms with Crippen molar-refractivity contribution in [2.24, 2.45) is 11.8 Å². The number of nitrogens with zero attached hydrogens (tertiary/aromatic N) is 2. The zero-order valence-corrected chi connectivity index (χ0v) is 18.9. The Kier molecular flexibility index (Phi) is 4.72. The van der Waals surface area contributed by atoms with E-state index in [0.29, 0.717) is 24.4 Å². The van der Waals surface area contributed by atoms with E-state index in [9.17, 15) is 4.79 Å². The van der Waals surface area contributed by atoms with E-state index in [4.69, 9.17) is 4.42 Å². The van der Waals surface area contributed by atoms with Crippen LogP contribution in [-0.2, 0) is 0 Å². The van der Waals surface area contributed by atoms with E-state index in [-0.39, 0.29) is 11.9 Å². The molecule has 2 fully saturated rings. The Labute approximate surface area is 193 Å². The molecule has 1 amide bonds. The predicted molar refractivity (Wildman–Crippen MR) is 130 cm³/mol. The number of nitrogens with one attached hydrogen (secondary N) is 1. The van der Waals surface area contributed by atoms with Crippen LogP contribution in [0.1, 0.15) is 27.9 Å². The van der Waals surface area contributed by atoms with Crippen LogP contribution in [0.4, 0.5) is 6.01 Å². The summed E-state index contributed by atoms with van der Waals surface area (Å²) < 4.78 is 5.83. The average Bonchev–Trinajstić information content (AvgIpc) is 3.32. The molecular weight excluding hydrogens is 410 g/mol. The predicted octanol–water partition coefficient (Wildman–Crippen LogP) is 5.68. The van der Waals surface area contributed by atoms with Crippen molar-refractivity contribution < 1.29 is 9.21 Å². The number of aromatic nitrogens is 1. The smallest absolute Gasteiger partial charge is 0.295 e. The van der Waals surface area contributed by atoms with Gasteiger partial charge in [-0.05, 0) is 72.6 Å². The van der Waals surface area contributed by atoms with Gasteiger partial charge in [0.05, 0.1) is 6.04 Å². The zero-order chi connectivity index (χ0) is 22.5. The molecule has 1 saturated heterocycles. The minimum atomic E-state index is 0.111. The molecule has 3 unspecified atom stereocenters. The number of piperidine rings is 1. The molecule has 0 radical (unpaired) electrons. The zero-order valence-electron chi connectivity index (χ0n) is 18.9. The first kappa shape index (κ1) is 20.0. The summed E-state index contributed by atoms with van der Waals surface area (Å²) in [6, 6.07) is 22.8. The fraction of sp³-hybridized carbons (Fsp3) is 0.286. The van der Waals surface area contributed by atoms with E-state index in [1.165, 1.54) is 17.5 Å². The molecule has 5 heteroatoms. The second kappa shape index (κ2) is 7.77. The molecule has 3 atom stereocenters. The van der Waals surface area contributed by atoms with Crippen molar-refractivity contribution in [3.05, 3.63) is 83.4 Å². The van der Waals surface area contributed by atoms with Gasteiger partial charge in [-0.15, -0.1) is 0 Å². The first-order valence-corrected chi connectivity index (χ1v) is 11.7. The number of rotatable bonds is 5. The first-order valence-electron chi connectivity index (χ1n) is 11.7. The molecule has 6 rings (SSSR count). The molecule has 2 heterocycles. The Morgan fingerprint density at radius 3 is 2.73 bits per heavy atom. The van der Waals surface area contributed by atoms with Crippen LogP contribution in [0.15, 0.2) is 71.1 Å². The highest BCUT2D eigenvalue weighted by molar-refractivity contribution is 6.01. The summed E-state index contributed by atoms with van der Waals surface area (Å²) in [5.74, 6) is 1.28. The average molecular weight is 438 g/mol. The number of fused-ring (bicyclic) bond motifs is 2. The Hall–Kier alpha value is -3.60. The molecule has 3 aromatic carbocycles. The number of aryl methyl sites for hydroxylation is 2. The van der Waals surface area contributed by atoms with Gasteiger partial charge in [0.25, 0.3) is 11.9 Å². The Bertz CT molecular complexity index is 1330. The summed E-state index contributed by atoms with van der Waals surface area (Å²) >= 11 is 0. The molecule has 1 aliphatic carbocycles. The lowest BCUT2D eigenvalue weighted by molar-refractivity contribution is 0.0716. The molecule has 1 aromatic heterocycles. The molecule has 0 spiro atoms. The van der Waals surface area contributed by atoms with Gasteiger partial charge in [0.1, 0.15) is 5.52 Å². The van der Waals surface area contributed by atoms with Crippen molar-refractivity contribution in [1.29, 1.82) is 0 Å². The van der Waals surface area contributed by atoms with Crippen LogP contribution < -0.4 is 5.32 Å². The maximum Gasteiger partial charge on any atom is 0.295 e. The minimum absolute atomic E-state index is 0.111. The minimum Gasteiger partial charge on any atom is -0.424 e. The highest BCUT2D eigenvalue weighted by Gasteiger charge is 2.54. The summed E-state index contributed by atoms with van der Waals surface area (Å²) in [5.41, 5.74) is 6.96. The third-order valence-corrected chi connectivity index (χ3v) is 7.30. The molecule has 1 saturated carbocycles. The molecule has 4 aromatic rings. The summed E-state index contributed by atoms with van der Waals surface area (Å²) in [4.78, 5) is 20.4. The third kappa shape index (κ3) is 3.58. The number of oxazole rings is 1. The Morgan fingerprint density at radius 1 is 1.06 bits per heavy atom. The maximum atomic E-state index is 13.8. The van der Waals surface area contributed by atoms with E-state index >= 15 is 0 Å². The highest BCUT2D eigenvalue weighted by atomic mass is 16.4. The maximum absolute atomic E-state index is 13.8. The lowest BCUT2D eigenvalue weighted by Crippen LogP contribution is -2.42. The molecule has 1 N–H and O–H groups in total. The fourth-order valence-corrected chi connectivity index (χ4v) is 5.19. The summed E-state index contributed by atoms with van der Waals surface area (Å²) in [6.45, 7) is 5.70. The van der Waals surface area contributed by atoms with Gasteiger partial charge >= 0.3 is 0 Å². The fourth-order valence-electron chi connectivity index (χ4n) is 5.19. The Balaban J connectivity index is 1.25. The van der Waals surface area contributed by atoms with Gasteiger partial charge in [-0.3, -0.25) is 4.79 Å². The van der Waals surface area contributed by atoms with Crippen molar-refractivity contribution in [1.82, 2.24) is 9.88 Å². The van der Waals surface area contributed by atoms with Gasteiger partial charge in [0.15, 0.2) is 5.58 Å². The summed E-state index contributed by atoms with van der Waals surface area (Å²) in [6.07, 6.45) is 1.20. The Morgan fingerprint density at radius 2 is 1.88 bits per heavy atom. The lowest BCUT2D eigenvalue weighted by atomic mass is 9.95. The van der Waals surface area contributed by atoms with Crippen molar-refractivity contribution in [2.75, 3.05) is 18.4 Å². The van der Waals surface area contributed by atoms with Crippen molar-refractivity contribution >= 4 is 23.0 Å². The highest BCUT2D eigenvalue weighted by Crippen LogP contribution is 2.50. The van der Waals surface area contributed by atoms with Gasteiger partial charge in [-0.2, -0.15) is 4.98 Å². The van der Waals surface area contributed by atoms with Crippen LogP contribution in [0.25, 0.3) is 22.2 Å². The van der Waals surface area contributed by atoms with Crippen LogP contribution in [0.5, 0.6) is 0 Å². The summed E-state index contributed by atoms with van der Waals surface area (Å²) in [7, 11) is 0. The molecule has 2 aliphatic rings. The number of likely N-dealkylation sites (tertiary alicyclic amines) is 1. The van der Waals surface area contributed by atoms with Crippen LogP contribution in [0.3, 0.4) is 0 Å². The standard InChI is InChI=1S/C28H27N3O2/c1-17-11-12-19(13-18(17)2)21-7-3-4-8-22(21)27(32)31-16-20-14-23(20)25(31)15-29-28-30-24-9-5-6-10-26(24)33-28/h3-13,20,23,25H,14-16H2,1-2H3,(H,29,30). The van der Waals surface area contributed by atoms with Gasteiger partial charge in [0, 0.05) is 18.7 Å². The molecule has 5 nitrogen and oxygen atoms in total. The molecular formula is C28H27N3O2. The van der Waals surface area contributed by atoms with Gasteiger partial charge < -0.3 is 14.6 Å². The molecule has 0 bridgehead atoms. The van der Waals surface area contributed by atoms with E-state index in [0.717, 1.165) is 34.3 Å². The second-order valence-electron chi connectivity index (χ2n) is 9.40. The monoisotopic (exact) mass is 437 g/mol. The van der Waals surface area contributed by atoms with E-state index in [2.05, 4.69) is 53.3 Å². The van der Waals surface area contributed by atoms with Gasteiger partial charge in [-0.25, -0.2) is 0 Å². The van der Waals surface area contributed by atoms with Crippen LogP contribution in [0, 0.1) is 25.7 Å². The largest absolute Gasteiger partial charge is 0.424 e.